The van der Waals surface area contributed by atoms with Crippen LogP contribution in [0.25, 0.3) is 0 Å². The second kappa shape index (κ2) is 6.18. The fourth-order valence-corrected chi connectivity index (χ4v) is 2.75. The Balaban J connectivity index is 1.99. The largest absolute Gasteiger partial charge is 0.448 e. The predicted octanol–water partition coefficient (Wildman–Crippen LogP) is 4.20. The summed E-state index contributed by atoms with van der Waals surface area (Å²) in [5.74, 6) is 0. The molecule has 114 valence electrons. The van der Waals surface area contributed by atoms with Gasteiger partial charge in [-0.25, -0.2) is 9.18 Å². The molecule has 3 nitrogen and oxygen atoms in total. The van der Waals surface area contributed by atoms with Gasteiger partial charge in [-0.05, 0) is 18.1 Å². The summed E-state index contributed by atoms with van der Waals surface area (Å²) in [6, 6.07) is 15.9. The minimum atomic E-state index is -1.30. The third-order valence-corrected chi connectivity index (χ3v) is 3.94. The van der Waals surface area contributed by atoms with Crippen LogP contribution in [0.1, 0.15) is 28.9 Å². The molecule has 1 aliphatic rings. The Morgan fingerprint density at radius 3 is 2.32 bits per heavy atom. The fourth-order valence-electron chi connectivity index (χ4n) is 2.75. The van der Waals surface area contributed by atoms with Gasteiger partial charge in [-0.1, -0.05) is 60.2 Å². The molecule has 2 aromatic rings. The van der Waals surface area contributed by atoms with Crippen molar-refractivity contribution in [1.82, 2.24) is 4.90 Å². The van der Waals surface area contributed by atoms with Crippen molar-refractivity contribution in [2.24, 2.45) is 0 Å². The van der Waals surface area contributed by atoms with Crippen LogP contribution in [0.15, 0.2) is 54.6 Å². The summed E-state index contributed by atoms with van der Waals surface area (Å²) in [5, 5.41) is 0. The molecule has 0 unspecified atom stereocenters. The maximum absolute atomic E-state index is 15.2. The van der Waals surface area contributed by atoms with E-state index in [0.717, 1.165) is 11.1 Å². The van der Waals surface area contributed by atoms with E-state index in [1.807, 2.05) is 37.3 Å². The number of amides is 1. The number of cyclic esters (lactones) is 1. The highest BCUT2D eigenvalue weighted by Crippen LogP contribution is 2.38. The average molecular weight is 299 g/mol. The molecule has 3 rings (SSSR count). The van der Waals surface area contributed by atoms with Gasteiger partial charge in [0.05, 0.1) is 12.6 Å². The summed E-state index contributed by atoms with van der Waals surface area (Å²) in [5.41, 5.74) is 2.44. The van der Waals surface area contributed by atoms with E-state index in [4.69, 9.17) is 4.74 Å². The number of hydrogen-bond donors (Lipinski definition) is 0. The molecule has 0 N–H and O–H groups in total. The summed E-state index contributed by atoms with van der Waals surface area (Å²) in [7, 11) is 0. The molecular formula is C18H18FNO2. The quantitative estimate of drug-likeness (QED) is 0.847. The van der Waals surface area contributed by atoms with Crippen LogP contribution in [0.4, 0.5) is 9.18 Å². The minimum Gasteiger partial charge on any atom is -0.448 e. The van der Waals surface area contributed by atoms with Crippen molar-refractivity contribution in [3.63, 3.8) is 0 Å². The van der Waals surface area contributed by atoms with E-state index in [1.54, 1.807) is 24.3 Å². The van der Waals surface area contributed by atoms with E-state index < -0.39 is 18.3 Å². The number of rotatable bonds is 4. The maximum atomic E-state index is 15.2. The normalized spacial score (nSPS) is 17.2. The smallest absolute Gasteiger partial charge is 0.410 e. The summed E-state index contributed by atoms with van der Waals surface area (Å²) < 4.78 is 20.2. The van der Waals surface area contributed by atoms with Gasteiger partial charge in [-0.3, -0.25) is 4.90 Å². The molecule has 0 spiro atoms. The van der Waals surface area contributed by atoms with Gasteiger partial charge < -0.3 is 4.74 Å². The van der Waals surface area contributed by atoms with E-state index >= 15 is 4.39 Å². The van der Waals surface area contributed by atoms with Crippen LogP contribution in [0.2, 0.25) is 0 Å². The zero-order chi connectivity index (χ0) is 15.5. The van der Waals surface area contributed by atoms with Crippen LogP contribution in [0, 0.1) is 6.92 Å². The van der Waals surface area contributed by atoms with Crippen molar-refractivity contribution in [3.05, 3.63) is 71.3 Å². The Morgan fingerprint density at radius 2 is 1.73 bits per heavy atom. The Kier molecular flexibility index (Phi) is 4.09. The van der Waals surface area contributed by atoms with Crippen molar-refractivity contribution in [3.8, 4) is 0 Å². The second-order valence-corrected chi connectivity index (χ2v) is 5.48. The summed E-state index contributed by atoms with van der Waals surface area (Å²) in [6.45, 7) is 2.69. The first-order chi connectivity index (χ1) is 10.7. The lowest BCUT2D eigenvalue weighted by Crippen LogP contribution is -2.32. The summed E-state index contributed by atoms with van der Waals surface area (Å²) >= 11 is 0. The van der Waals surface area contributed by atoms with Crippen molar-refractivity contribution >= 4 is 6.09 Å². The summed E-state index contributed by atoms with van der Waals surface area (Å²) in [4.78, 5) is 13.4. The fraction of sp³-hybridized carbons (Fsp3) is 0.278. The van der Waals surface area contributed by atoms with Crippen molar-refractivity contribution < 1.29 is 13.9 Å². The number of alkyl halides is 1. The number of ether oxygens (including phenoxy) is 1. The zero-order valence-corrected chi connectivity index (χ0v) is 12.4. The first-order valence-corrected chi connectivity index (χ1v) is 7.36. The molecule has 1 amide bonds. The van der Waals surface area contributed by atoms with Gasteiger partial charge in [0.2, 0.25) is 0 Å². The molecule has 4 heteroatoms. The lowest BCUT2D eigenvalue weighted by molar-refractivity contribution is 0.119. The predicted molar refractivity (Wildman–Crippen MR) is 82.3 cm³/mol. The number of carbonyl (C=O) groups is 1. The molecule has 2 aromatic carbocycles. The van der Waals surface area contributed by atoms with E-state index in [9.17, 15) is 4.79 Å². The van der Waals surface area contributed by atoms with Gasteiger partial charge in [0.25, 0.3) is 0 Å². The van der Waals surface area contributed by atoms with Crippen LogP contribution < -0.4 is 0 Å². The number of benzene rings is 2. The Bertz CT molecular complexity index is 642. The Morgan fingerprint density at radius 1 is 1.05 bits per heavy atom. The molecule has 0 aromatic heterocycles. The first kappa shape index (κ1) is 14.6. The number of aryl methyl sites for hydroxylation is 1. The molecule has 0 aliphatic carbocycles. The molecule has 1 aliphatic heterocycles. The van der Waals surface area contributed by atoms with Gasteiger partial charge in [-0.15, -0.1) is 0 Å². The van der Waals surface area contributed by atoms with Crippen molar-refractivity contribution in [1.29, 1.82) is 0 Å². The molecule has 1 saturated heterocycles. The molecule has 0 bridgehead atoms. The number of hydrogen-bond acceptors (Lipinski definition) is 2. The Labute approximate surface area is 129 Å². The lowest BCUT2D eigenvalue weighted by atomic mass is 9.95. The van der Waals surface area contributed by atoms with Gasteiger partial charge in [0, 0.05) is 0 Å². The van der Waals surface area contributed by atoms with Gasteiger partial charge in [0.1, 0.15) is 12.8 Å². The number of halogens is 1. The van der Waals surface area contributed by atoms with E-state index in [0.29, 0.717) is 18.7 Å². The molecular weight excluding hydrogens is 281 g/mol. The molecule has 0 radical (unpaired) electrons. The zero-order valence-electron chi connectivity index (χ0n) is 12.4. The topological polar surface area (TPSA) is 29.5 Å². The van der Waals surface area contributed by atoms with Gasteiger partial charge in [0.15, 0.2) is 0 Å². The summed E-state index contributed by atoms with van der Waals surface area (Å²) in [6.07, 6.45) is -1.75. The second-order valence-electron chi connectivity index (χ2n) is 5.48. The highest BCUT2D eigenvalue weighted by Gasteiger charge is 2.37. The van der Waals surface area contributed by atoms with E-state index in [2.05, 4.69) is 0 Å². The minimum absolute atomic E-state index is 0.308. The average Bonchev–Trinajstić information content (AvgIpc) is 2.96. The molecule has 1 fully saturated rings. The Hall–Kier alpha value is -2.36. The molecule has 0 saturated carbocycles. The van der Waals surface area contributed by atoms with Gasteiger partial charge in [-0.2, -0.15) is 0 Å². The van der Waals surface area contributed by atoms with Crippen molar-refractivity contribution in [2.45, 2.75) is 19.1 Å². The van der Waals surface area contributed by atoms with Crippen LogP contribution >= 0.6 is 0 Å². The SMILES string of the molecule is Cc1ccc([C@H]([C@@H](F)c2ccccc2)N2CCOC2=O)cc1. The van der Waals surface area contributed by atoms with Crippen LogP contribution in [0.3, 0.4) is 0 Å². The number of nitrogens with zero attached hydrogens (tertiary/aromatic N) is 1. The van der Waals surface area contributed by atoms with Crippen LogP contribution in [-0.4, -0.2) is 24.1 Å². The van der Waals surface area contributed by atoms with E-state index in [1.165, 1.54) is 4.90 Å². The van der Waals surface area contributed by atoms with Crippen LogP contribution in [0.5, 0.6) is 0 Å². The van der Waals surface area contributed by atoms with Crippen LogP contribution in [-0.2, 0) is 4.74 Å². The molecule has 22 heavy (non-hydrogen) atoms. The molecule has 2 atom stereocenters. The number of carbonyl (C=O) groups excluding carboxylic acids is 1. The maximum Gasteiger partial charge on any atom is 0.410 e. The highest BCUT2D eigenvalue weighted by molar-refractivity contribution is 5.70. The lowest BCUT2D eigenvalue weighted by Gasteiger charge is -2.29. The standard InChI is InChI=1S/C18H18FNO2/c1-13-7-9-15(10-8-13)17(20-11-12-22-18(20)21)16(19)14-5-3-2-4-6-14/h2-10,16-17H,11-12H2,1H3/t16-,17+/m0/s1. The highest BCUT2D eigenvalue weighted by atomic mass is 19.1. The molecule has 1 heterocycles. The third kappa shape index (κ3) is 2.82. The first-order valence-electron chi connectivity index (χ1n) is 7.36. The van der Waals surface area contributed by atoms with E-state index in [-0.39, 0.29) is 0 Å². The third-order valence-electron chi connectivity index (χ3n) is 3.94. The van der Waals surface area contributed by atoms with Crippen molar-refractivity contribution in [2.75, 3.05) is 13.2 Å². The monoisotopic (exact) mass is 299 g/mol. The van der Waals surface area contributed by atoms with Gasteiger partial charge >= 0.3 is 6.09 Å².